The molecule has 0 spiro atoms. The molecule has 0 heterocycles. The fourth-order valence-corrected chi connectivity index (χ4v) is 2.10. The predicted octanol–water partition coefficient (Wildman–Crippen LogP) is 2.64. The Kier molecular flexibility index (Phi) is 3.95. The van der Waals surface area contributed by atoms with E-state index in [9.17, 15) is 13.2 Å². The fourth-order valence-electron chi connectivity index (χ4n) is 1.60. The molecule has 2 N–H and O–H groups in total. The molecule has 6 nitrogen and oxygen atoms in total. The van der Waals surface area contributed by atoms with Gasteiger partial charge >= 0.3 is 0 Å². The Morgan fingerprint density at radius 2 is 1.80 bits per heavy atom. The van der Waals surface area contributed by atoms with Crippen LogP contribution in [0.4, 0.5) is 17.1 Å². The molecule has 7 heteroatoms. The van der Waals surface area contributed by atoms with Crippen LogP contribution in [0.1, 0.15) is 0 Å². The van der Waals surface area contributed by atoms with Crippen LogP contribution in [0.5, 0.6) is 0 Å². The zero-order chi connectivity index (χ0) is 14.6. The number of isocyanates is 1. The molecule has 0 bridgehead atoms. The number of aliphatic imine (C=N–C) groups is 1. The lowest BCUT2D eigenvalue weighted by atomic mass is 10.2. The minimum absolute atomic E-state index is 0.0685. The van der Waals surface area contributed by atoms with Crippen LogP contribution in [0.25, 0.3) is 0 Å². The molecule has 0 aromatic heterocycles. The van der Waals surface area contributed by atoms with E-state index < -0.39 is 10.1 Å². The zero-order valence-electron chi connectivity index (χ0n) is 10.1. The third-order valence-electron chi connectivity index (χ3n) is 2.49. The van der Waals surface area contributed by atoms with Gasteiger partial charge in [-0.1, -0.05) is 18.2 Å². The van der Waals surface area contributed by atoms with Gasteiger partial charge in [-0.3, -0.25) is 4.55 Å². The maximum absolute atomic E-state index is 11.1. The van der Waals surface area contributed by atoms with Crippen molar-refractivity contribution in [2.45, 2.75) is 4.90 Å². The van der Waals surface area contributed by atoms with Crippen LogP contribution in [-0.2, 0) is 14.9 Å². The van der Waals surface area contributed by atoms with Crippen molar-refractivity contribution in [3.8, 4) is 0 Å². The highest BCUT2D eigenvalue weighted by Crippen LogP contribution is 2.30. The first-order valence-corrected chi connectivity index (χ1v) is 6.96. The summed E-state index contributed by atoms with van der Waals surface area (Å²) in [6.07, 6.45) is 1.35. The van der Waals surface area contributed by atoms with Crippen LogP contribution in [0.15, 0.2) is 58.4 Å². The minimum Gasteiger partial charge on any atom is -0.354 e. The molecule has 0 aliphatic carbocycles. The molecule has 20 heavy (non-hydrogen) atoms. The summed E-state index contributed by atoms with van der Waals surface area (Å²) in [4.78, 5) is 13.5. The van der Waals surface area contributed by atoms with E-state index in [2.05, 4.69) is 10.3 Å². The summed E-state index contributed by atoms with van der Waals surface area (Å²) < 4.78 is 31.1. The number of nitrogens with zero attached hydrogens (tertiary/aromatic N) is 1. The van der Waals surface area contributed by atoms with E-state index in [1.807, 2.05) is 18.2 Å². The van der Waals surface area contributed by atoms with Gasteiger partial charge in [0.15, 0.2) is 0 Å². The van der Waals surface area contributed by atoms with E-state index in [1.165, 1.54) is 18.2 Å². The van der Waals surface area contributed by atoms with Crippen molar-refractivity contribution in [2.24, 2.45) is 4.99 Å². The predicted molar refractivity (Wildman–Crippen MR) is 73.8 cm³/mol. The number of hydrogen-bond acceptors (Lipinski definition) is 5. The van der Waals surface area contributed by atoms with Gasteiger partial charge in [0.05, 0.1) is 10.6 Å². The van der Waals surface area contributed by atoms with Crippen molar-refractivity contribution in [3.05, 3.63) is 48.5 Å². The quantitative estimate of drug-likeness (QED) is 0.512. The summed E-state index contributed by atoms with van der Waals surface area (Å²) in [5, 5.41) is 2.99. The molecule has 0 fully saturated rings. The van der Waals surface area contributed by atoms with E-state index in [4.69, 9.17) is 4.55 Å². The van der Waals surface area contributed by atoms with Crippen LogP contribution in [0.3, 0.4) is 0 Å². The number of carbonyl (C=O) groups excluding carboxylic acids is 1. The molecule has 2 rings (SSSR count). The lowest BCUT2D eigenvalue weighted by Gasteiger charge is -2.09. The van der Waals surface area contributed by atoms with Crippen molar-refractivity contribution < 1.29 is 17.8 Å². The van der Waals surface area contributed by atoms with Crippen LogP contribution in [-0.4, -0.2) is 19.1 Å². The number of rotatable bonds is 4. The normalized spacial score (nSPS) is 10.7. The lowest BCUT2D eigenvalue weighted by molar-refractivity contribution is 0.483. The first kappa shape index (κ1) is 14.0. The third-order valence-corrected chi connectivity index (χ3v) is 3.34. The summed E-state index contributed by atoms with van der Waals surface area (Å²) in [5.41, 5.74) is 1.24. The summed E-state index contributed by atoms with van der Waals surface area (Å²) in [6.45, 7) is 0. The molecule has 0 aliphatic heterocycles. The van der Waals surface area contributed by atoms with Crippen molar-refractivity contribution >= 4 is 33.3 Å². The molecular weight excluding hydrogens is 280 g/mol. The molecule has 0 amide bonds. The van der Waals surface area contributed by atoms with Gasteiger partial charge in [-0.25, -0.2) is 4.79 Å². The van der Waals surface area contributed by atoms with Crippen LogP contribution < -0.4 is 5.32 Å². The van der Waals surface area contributed by atoms with Crippen molar-refractivity contribution in [3.63, 3.8) is 0 Å². The Balaban J connectivity index is 2.46. The average molecular weight is 290 g/mol. The van der Waals surface area contributed by atoms with Gasteiger partial charge in [0.2, 0.25) is 6.08 Å². The minimum atomic E-state index is -4.35. The number of nitrogens with one attached hydrogen (secondary N) is 1. The standard InChI is InChI=1S/C13H10N2O4S/c16-9-14-13-8-11(20(17,18)19)6-7-12(13)15-10-4-2-1-3-5-10/h1-8,15H,(H,17,18,19). The average Bonchev–Trinajstić information content (AvgIpc) is 2.41. The molecular formula is C13H10N2O4S. The highest BCUT2D eigenvalue weighted by atomic mass is 32.2. The van der Waals surface area contributed by atoms with E-state index in [1.54, 1.807) is 12.1 Å². The Morgan fingerprint density at radius 1 is 1.10 bits per heavy atom. The maximum Gasteiger partial charge on any atom is 0.294 e. The third kappa shape index (κ3) is 3.30. The Morgan fingerprint density at radius 3 is 2.40 bits per heavy atom. The van der Waals surface area contributed by atoms with Gasteiger partial charge in [-0.15, -0.1) is 0 Å². The zero-order valence-corrected chi connectivity index (χ0v) is 11.0. The molecule has 102 valence electrons. The van der Waals surface area contributed by atoms with Crippen molar-refractivity contribution in [1.82, 2.24) is 0 Å². The second-order valence-corrected chi connectivity index (χ2v) is 5.27. The Hall–Kier alpha value is -2.47. The molecule has 0 saturated heterocycles. The van der Waals surface area contributed by atoms with Crippen molar-refractivity contribution in [1.29, 1.82) is 0 Å². The van der Waals surface area contributed by atoms with Gasteiger partial charge in [-0.2, -0.15) is 13.4 Å². The first-order chi connectivity index (χ1) is 9.50. The van der Waals surface area contributed by atoms with E-state index in [-0.39, 0.29) is 10.6 Å². The molecule has 0 saturated carbocycles. The van der Waals surface area contributed by atoms with Gasteiger partial charge in [-0.05, 0) is 30.3 Å². The fraction of sp³-hybridized carbons (Fsp3) is 0. The monoisotopic (exact) mass is 290 g/mol. The van der Waals surface area contributed by atoms with Gasteiger partial charge in [0.1, 0.15) is 5.69 Å². The summed E-state index contributed by atoms with van der Waals surface area (Å²) in [7, 11) is -4.35. The molecule has 0 atom stereocenters. The largest absolute Gasteiger partial charge is 0.354 e. The van der Waals surface area contributed by atoms with E-state index >= 15 is 0 Å². The van der Waals surface area contributed by atoms with Crippen molar-refractivity contribution in [2.75, 3.05) is 5.32 Å². The second kappa shape index (κ2) is 5.66. The molecule has 0 radical (unpaired) electrons. The van der Waals surface area contributed by atoms with E-state index in [0.717, 1.165) is 11.8 Å². The summed E-state index contributed by atoms with van der Waals surface area (Å²) in [5.74, 6) is 0. The summed E-state index contributed by atoms with van der Waals surface area (Å²) in [6, 6.07) is 12.8. The Bertz CT molecular complexity index is 766. The highest BCUT2D eigenvalue weighted by molar-refractivity contribution is 7.85. The topological polar surface area (TPSA) is 95.8 Å². The number of benzene rings is 2. The molecule has 0 unspecified atom stereocenters. The van der Waals surface area contributed by atoms with Gasteiger partial charge in [0.25, 0.3) is 10.1 Å². The van der Waals surface area contributed by atoms with Gasteiger partial charge < -0.3 is 5.32 Å². The first-order valence-electron chi connectivity index (χ1n) is 5.52. The van der Waals surface area contributed by atoms with Crippen LogP contribution in [0, 0.1) is 0 Å². The smallest absolute Gasteiger partial charge is 0.294 e. The second-order valence-electron chi connectivity index (χ2n) is 3.85. The van der Waals surface area contributed by atoms with Crippen LogP contribution in [0.2, 0.25) is 0 Å². The molecule has 0 aliphatic rings. The number of hydrogen-bond donors (Lipinski definition) is 2. The van der Waals surface area contributed by atoms with Gasteiger partial charge in [0, 0.05) is 5.69 Å². The highest BCUT2D eigenvalue weighted by Gasteiger charge is 2.12. The maximum atomic E-state index is 11.1. The SMILES string of the molecule is O=C=Nc1cc(S(=O)(=O)O)ccc1Nc1ccccc1. The van der Waals surface area contributed by atoms with E-state index in [0.29, 0.717) is 5.69 Å². The molecule has 2 aromatic carbocycles. The molecule has 2 aromatic rings. The number of anilines is 2. The summed E-state index contributed by atoms with van der Waals surface area (Å²) >= 11 is 0. The van der Waals surface area contributed by atoms with Crippen LogP contribution >= 0.6 is 0 Å². The number of para-hydroxylation sites is 1. The lowest BCUT2D eigenvalue weighted by Crippen LogP contribution is -1.98. The Labute approximate surface area is 115 Å².